The average Bonchev–Trinajstić information content (AvgIpc) is 2.71. The standard InChI is InChI=1S/C22H19F4N3O3/c1-12-10-14(23)4-6-17(12)28-19-7-5-15(32-22(24,25)26)11-16(19)21(30)29-18-8-9-20(31-3)27-13(18)2/h4-11,28H,1-3H3,(H,29,30). The molecule has 168 valence electrons. The molecule has 0 radical (unpaired) electrons. The number of alkyl halides is 3. The molecule has 0 aliphatic rings. The molecule has 0 aliphatic heterocycles. The lowest BCUT2D eigenvalue weighted by Gasteiger charge is -2.17. The van der Waals surface area contributed by atoms with E-state index in [1.165, 1.54) is 37.4 Å². The smallest absolute Gasteiger partial charge is 0.481 e. The number of hydrogen-bond acceptors (Lipinski definition) is 5. The highest BCUT2D eigenvalue weighted by atomic mass is 19.4. The number of carbonyl (C=O) groups is 1. The van der Waals surface area contributed by atoms with E-state index < -0.39 is 23.8 Å². The lowest BCUT2D eigenvalue weighted by Crippen LogP contribution is -2.19. The number of rotatable bonds is 6. The van der Waals surface area contributed by atoms with Crippen molar-refractivity contribution < 1.29 is 31.8 Å². The van der Waals surface area contributed by atoms with Gasteiger partial charge in [-0.05, 0) is 61.9 Å². The van der Waals surface area contributed by atoms with Gasteiger partial charge in [-0.25, -0.2) is 9.37 Å². The molecule has 0 spiro atoms. The van der Waals surface area contributed by atoms with Crippen LogP contribution in [0.3, 0.4) is 0 Å². The van der Waals surface area contributed by atoms with Crippen molar-refractivity contribution in [1.29, 1.82) is 0 Å². The molecule has 0 aliphatic carbocycles. The van der Waals surface area contributed by atoms with Crippen LogP contribution in [0.4, 0.5) is 34.6 Å². The number of aryl methyl sites for hydroxylation is 2. The molecular formula is C22H19F4N3O3. The average molecular weight is 449 g/mol. The molecule has 10 heteroatoms. The van der Waals surface area contributed by atoms with Crippen molar-refractivity contribution in [2.24, 2.45) is 0 Å². The third kappa shape index (κ3) is 5.65. The summed E-state index contributed by atoms with van der Waals surface area (Å²) in [5.74, 6) is -1.36. The highest BCUT2D eigenvalue weighted by molar-refractivity contribution is 6.09. The Labute approximate surface area is 181 Å². The molecule has 32 heavy (non-hydrogen) atoms. The van der Waals surface area contributed by atoms with E-state index in [9.17, 15) is 22.4 Å². The van der Waals surface area contributed by atoms with Crippen LogP contribution in [0.5, 0.6) is 11.6 Å². The fourth-order valence-electron chi connectivity index (χ4n) is 2.90. The number of halogens is 4. The van der Waals surface area contributed by atoms with Crippen molar-refractivity contribution in [2.45, 2.75) is 20.2 Å². The number of benzene rings is 2. The maximum Gasteiger partial charge on any atom is 0.573 e. The van der Waals surface area contributed by atoms with Gasteiger partial charge in [0.05, 0.1) is 29.7 Å². The predicted molar refractivity (Wildman–Crippen MR) is 111 cm³/mol. The van der Waals surface area contributed by atoms with Gasteiger partial charge in [0.25, 0.3) is 5.91 Å². The number of nitrogens with one attached hydrogen (secondary N) is 2. The van der Waals surface area contributed by atoms with E-state index in [1.807, 2.05) is 0 Å². The first-order valence-corrected chi connectivity index (χ1v) is 9.31. The first-order chi connectivity index (χ1) is 15.1. The quantitative estimate of drug-likeness (QED) is 0.470. The first kappa shape index (κ1) is 22.9. The van der Waals surface area contributed by atoms with E-state index in [2.05, 4.69) is 20.4 Å². The van der Waals surface area contributed by atoms with Gasteiger partial charge in [0, 0.05) is 11.8 Å². The zero-order valence-corrected chi connectivity index (χ0v) is 17.3. The molecule has 2 aromatic carbocycles. The molecular weight excluding hydrogens is 430 g/mol. The Morgan fingerprint density at radius 1 is 0.969 bits per heavy atom. The van der Waals surface area contributed by atoms with Crippen LogP contribution in [0.25, 0.3) is 0 Å². The molecule has 3 aromatic rings. The Bertz CT molecular complexity index is 1150. The van der Waals surface area contributed by atoms with E-state index >= 15 is 0 Å². The van der Waals surface area contributed by atoms with E-state index in [0.717, 1.165) is 12.1 Å². The summed E-state index contributed by atoms with van der Waals surface area (Å²) in [7, 11) is 1.45. The van der Waals surface area contributed by atoms with Gasteiger partial charge in [-0.15, -0.1) is 13.2 Å². The molecule has 6 nitrogen and oxygen atoms in total. The van der Waals surface area contributed by atoms with Gasteiger partial charge in [0.1, 0.15) is 11.6 Å². The van der Waals surface area contributed by atoms with Crippen LogP contribution in [0, 0.1) is 19.7 Å². The zero-order valence-electron chi connectivity index (χ0n) is 17.3. The van der Waals surface area contributed by atoms with Gasteiger partial charge in [-0.3, -0.25) is 4.79 Å². The number of pyridine rings is 1. The molecule has 1 aromatic heterocycles. The highest BCUT2D eigenvalue weighted by Gasteiger charge is 2.31. The van der Waals surface area contributed by atoms with Crippen LogP contribution < -0.4 is 20.1 Å². The maximum atomic E-state index is 13.4. The minimum absolute atomic E-state index is 0.120. The topological polar surface area (TPSA) is 72.5 Å². The minimum atomic E-state index is -4.92. The molecule has 2 N–H and O–H groups in total. The van der Waals surface area contributed by atoms with Gasteiger partial charge < -0.3 is 20.1 Å². The SMILES string of the molecule is COc1ccc(NC(=O)c2cc(OC(F)(F)F)ccc2Nc2ccc(F)cc2C)c(C)n1. The summed E-state index contributed by atoms with van der Waals surface area (Å²) in [6, 6.07) is 10.4. The summed E-state index contributed by atoms with van der Waals surface area (Å²) < 4.78 is 60.5. The highest BCUT2D eigenvalue weighted by Crippen LogP contribution is 2.31. The van der Waals surface area contributed by atoms with E-state index in [1.54, 1.807) is 19.9 Å². The van der Waals surface area contributed by atoms with E-state index in [-0.39, 0.29) is 11.3 Å². The number of aromatic nitrogens is 1. The summed E-state index contributed by atoms with van der Waals surface area (Å²) in [6.07, 6.45) is -4.92. The van der Waals surface area contributed by atoms with Gasteiger partial charge >= 0.3 is 6.36 Å². The van der Waals surface area contributed by atoms with Crippen LogP contribution in [0.1, 0.15) is 21.6 Å². The molecule has 1 heterocycles. The molecule has 0 unspecified atom stereocenters. The summed E-state index contributed by atoms with van der Waals surface area (Å²) in [4.78, 5) is 17.1. The largest absolute Gasteiger partial charge is 0.573 e. The predicted octanol–water partition coefficient (Wildman–Crippen LogP) is 5.74. The maximum absolute atomic E-state index is 13.4. The number of hydrogen-bond donors (Lipinski definition) is 2. The zero-order chi connectivity index (χ0) is 23.5. The molecule has 1 amide bonds. The Morgan fingerprint density at radius 2 is 1.66 bits per heavy atom. The van der Waals surface area contributed by atoms with Crippen LogP contribution in [-0.2, 0) is 0 Å². The second-order valence-electron chi connectivity index (χ2n) is 6.78. The van der Waals surface area contributed by atoms with Crippen LogP contribution >= 0.6 is 0 Å². The lowest BCUT2D eigenvalue weighted by molar-refractivity contribution is -0.274. The van der Waals surface area contributed by atoms with Crippen LogP contribution in [0.2, 0.25) is 0 Å². The fraction of sp³-hybridized carbons (Fsp3) is 0.182. The second-order valence-corrected chi connectivity index (χ2v) is 6.78. The normalized spacial score (nSPS) is 11.1. The van der Waals surface area contributed by atoms with Gasteiger partial charge in [0.2, 0.25) is 5.88 Å². The molecule has 0 bridgehead atoms. The molecule has 0 saturated heterocycles. The minimum Gasteiger partial charge on any atom is -0.481 e. The van der Waals surface area contributed by atoms with Crippen LogP contribution in [-0.4, -0.2) is 24.4 Å². The monoisotopic (exact) mass is 449 g/mol. The molecule has 0 fully saturated rings. The molecule has 0 atom stereocenters. The number of ether oxygens (including phenoxy) is 2. The Morgan fingerprint density at radius 3 is 2.28 bits per heavy atom. The van der Waals surface area contributed by atoms with Gasteiger partial charge in [-0.1, -0.05) is 0 Å². The first-order valence-electron chi connectivity index (χ1n) is 9.31. The van der Waals surface area contributed by atoms with Crippen molar-refractivity contribution >= 4 is 23.0 Å². The van der Waals surface area contributed by atoms with Crippen molar-refractivity contribution in [2.75, 3.05) is 17.7 Å². The third-order valence-corrected chi connectivity index (χ3v) is 4.44. The van der Waals surface area contributed by atoms with E-state index in [0.29, 0.717) is 28.5 Å². The summed E-state index contributed by atoms with van der Waals surface area (Å²) in [6.45, 7) is 3.29. The fourth-order valence-corrected chi connectivity index (χ4v) is 2.90. The number of nitrogens with zero attached hydrogens (tertiary/aromatic N) is 1. The van der Waals surface area contributed by atoms with Crippen molar-refractivity contribution in [3.63, 3.8) is 0 Å². The van der Waals surface area contributed by atoms with Crippen molar-refractivity contribution in [3.8, 4) is 11.6 Å². The number of amides is 1. The van der Waals surface area contributed by atoms with Crippen LogP contribution in [0.15, 0.2) is 48.5 Å². The Balaban J connectivity index is 1.97. The van der Waals surface area contributed by atoms with Gasteiger partial charge in [-0.2, -0.15) is 0 Å². The number of anilines is 3. The molecule has 0 saturated carbocycles. The van der Waals surface area contributed by atoms with Crippen molar-refractivity contribution in [3.05, 3.63) is 71.2 Å². The third-order valence-electron chi connectivity index (χ3n) is 4.44. The summed E-state index contributed by atoms with van der Waals surface area (Å²) in [5.41, 5.74) is 1.90. The number of carbonyl (C=O) groups excluding carboxylic acids is 1. The van der Waals surface area contributed by atoms with E-state index in [4.69, 9.17) is 4.74 Å². The lowest BCUT2D eigenvalue weighted by atomic mass is 10.1. The number of methoxy groups -OCH3 is 1. The Kier molecular flexibility index (Phi) is 6.52. The Hall–Kier alpha value is -3.82. The van der Waals surface area contributed by atoms with Gasteiger partial charge in [0.15, 0.2) is 0 Å². The molecule has 3 rings (SSSR count). The summed E-state index contributed by atoms with van der Waals surface area (Å²) >= 11 is 0. The van der Waals surface area contributed by atoms with Crippen molar-refractivity contribution in [1.82, 2.24) is 4.98 Å². The second kappa shape index (κ2) is 9.13. The summed E-state index contributed by atoms with van der Waals surface area (Å²) in [5, 5.41) is 5.58.